The van der Waals surface area contributed by atoms with Crippen LogP contribution in [0.5, 0.6) is 0 Å². The van der Waals surface area contributed by atoms with Crippen molar-refractivity contribution in [2.24, 2.45) is 0 Å². The van der Waals surface area contributed by atoms with Crippen molar-refractivity contribution in [3.63, 3.8) is 0 Å². The van der Waals surface area contributed by atoms with E-state index < -0.39 is 11.6 Å². The van der Waals surface area contributed by atoms with Gasteiger partial charge in [0.05, 0.1) is 6.61 Å². The van der Waals surface area contributed by atoms with Gasteiger partial charge in [-0.15, -0.1) is 0 Å². The van der Waals surface area contributed by atoms with Gasteiger partial charge in [0.25, 0.3) is 0 Å². The first kappa shape index (κ1) is 13.4. The lowest BCUT2D eigenvalue weighted by Crippen LogP contribution is -2.34. The third kappa shape index (κ3) is 3.75. The molecule has 1 aromatic carbocycles. The summed E-state index contributed by atoms with van der Waals surface area (Å²) in [6.07, 6.45) is 4.55. The van der Waals surface area contributed by atoms with Crippen molar-refractivity contribution in [1.29, 1.82) is 0 Å². The van der Waals surface area contributed by atoms with Crippen molar-refractivity contribution in [2.45, 2.75) is 38.3 Å². The lowest BCUT2D eigenvalue weighted by molar-refractivity contribution is 0.104. The minimum absolute atomic E-state index is 0.00519. The fraction of sp³-hybridized carbons (Fsp3) is 0.571. The van der Waals surface area contributed by atoms with E-state index in [0.717, 1.165) is 19.4 Å². The Bertz CT molecular complexity index is 358. The van der Waals surface area contributed by atoms with E-state index in [1.165, 1.54) is 31.0 Å². The zero-order valence-electron chi connectivity index (χ0n) is 10.4. The summed E-state index contributed by atoms with van der Waals surface area (Å²) in [5, 5.41) is 3.41. The molecule has 1 aliphatic rings. The highest BCUT2D eigenvalue weighted by Crippen LogP contribution is 2.14. The molecule has 2 rings (SSSR count). The Morgan fingerprint density at radius 3 is 2.67 bits per heavy atom. The second-order valence-electron chi connectivity index (χ2n) is 4.69. The molecule has 0 amide bonds. The number of rotatable bonds is 5. The molecule has 0 unspecified atom stereocenters. The highest BCUT2D eigenvalue weighted by Gasteiger charge is 2.12. The largest absolute Gasteiger partial charge is 0.376 e. The maximum atomic E-state index is 13.3. The second-order valence-corrected chi connectivity index (χ2v) is 4.69. The standard InChI is InChI=1S/C14H19F2NO/c15-13-5-3-6-14(16)12(13)10-18-9-7-11-4-1-2-8-17-11/h3,5-6,11,17H,1-2,4,7-10H2/t11-/m0/s1. The van der Waals surface area contributed by atoms with Gasteiger partial charge in [-0.25, -0.2) is 8.78 Å². The molecule has 1 aromatic rings. The highest BCUT2D eigenvalue weighted by molar-refractivity contribution is 5.18. The van der Waals surface area contributed by atoms with Gasteiger partial charge in [0.15, 0.2) is 0 Å². The molecular formula is C14H19F2NO. The topological polar surface area (TPSA) is 21.3 Å². The summed E-state index contributed by atoms with van der Waals surface area (Å²) in [6, 6.07) is 4.36. The molecule has 18 heavy (non-hydrogen) atoms. The Hall–Kier alpha value is -1.00. The Kier molecular flexibility index (Phi) is 5.08. The average Bonchev–Trinajstić information content (AvgIpc) is 2.38. The molecule has 0 aromatic heterocycles. The number of hydrogen-bond donors (Lipinski definition) is 1. The van der Waals surface area contributed by atoms with Gasteiger partial charge in [0.2, 0.25) is 0 Å². The normalized spacial score (nSPS) is 20.0. The number of piperidine rings is 1. The van der Waals surface area contributed by atoms with Gasteiger partial charge in [-0.1, -0.05) is 12.5 Å². The minimum atomic E-state index is -0.536. The summed E-state index contributed by atoms with van der Waals surface area (Å²) in [5.41, 5.74) is 0.0223. The smallest absolute Gasteiger partial charge is 0.131 e. The molecule has 0 bridgehead atoms. The number of benzene rings is 1. The molecule has 1 N–H and O–H groups in total. The molecule has 0 radical (unpaired) electrons. The summed E-state index contributed by atoms with van der Waals surface area (Å²) in [7, 11) is 0. The molecular weight excluding hydrogens is 236 g/mol. The SMILES string of the molecule is Fc1cccc(F)c1COCC[C@@H]1CCCCN1. The van der Waals surface area contributed by atoms with Gasteiger partial charge in [0, 0.05) is 18.2 Å². The first-order chi connectivity index (χ1) is 8.77. The van der Waals surface area contributed by atoms with Crippen LogP contribution in [0.25, 0.3) is 0 Å². The van der Waals surface area contributed by atoms with Crippen molar-refractivity contribution in [2.75, 3.05) is 13.2 Å². The van der Waals surface area contributed by atoms with Crippen LogP contribution in [-0.2, 0) is 11.3 Å². The Labute approximate surface area is 106 Å². The Morgan fingerprint density at radius 1 is 1.22 bits per heavy atom. The number of hydrogen-bond acceptors (Lipinski definition) is 2. The van der Waals surface area contributed by atoms with E-state index in [1.807, 2.05) is 0 Å². The lowest BCUT2D eigenvalue weighted by atomic mass is 10.0. The van der Waals surface area contributed by atoms with Crippen molar-refractivity contribution in [1.82, 2.24) is 5.32 Å². The van der Waals surface area contributed by atoms with Crippen molar-refractivity contribution in [3.8, 4) is 0 Å². The molecule has 0 saturated carbocycles. The maximum Gasteiger partial charge on any atom is 0.131 e. The first-order valence-corrected chi connectivity index (χ1v) is 6.51. The van der Waals surface area contributed by atoms with Crippen LogP contribution in [0.4, 0.5) is 8.78 Å². The highest BCUT2D eigenvalue weighted by atomic mass is 19.1. The third-order valence-electron chi connectivity index (χ3n) is 3.33. The summed E-state index contributed by atoms with van der Waals surface area (Å²) < 4.78 is 32.0. The van der Waals surface area contributed by atoms with Gasteiger partial charge in [-0.05, 0) is 37.9 Å². The lowest BCUT2D eigenvalue weighted by Gasteiger charge is -2.23. The summed E-state index contributed by atoms with van der Waals surface area (Å²) in [5.74, 6) is -1.07. The first-order valence-electron chi connectivity index (χ1n) is 6.51. The molecule has 0 spiro atoms. The predicted molar refractivity (Wildman–Crippen MR) is 66.3 cm³/mol. The van der Waals surface area contributed by atoms with Crippen LogP contribution in [0.3, 0.4) is 0 Å². The van der Waals surface area contributed by atoms with Gasteiger partial charge in [-0.2, -0.15) is 0 Å². The van der Waals surface area contributed by atoms with Crippen molar-refractivity contribution < 1.29 is 13.5 Å². The van der Waals surface area contributed by atoms with E-state index in [1.54, 1.807) is 0 Å². The number of ether oxygens (including phenoxy) is 1. The third-order valence-corrected chi connectivity index (χ3v) is 3.33. The molecule has 1 saturated heterocycles. The fourth-order valence-electron chi connectivity index (χ4n) is 2.24. The summed E-state index contributed by atoms with van der Waals surface area (Å²) in [6.45, 7) is 1.60. The molecule has 1 aliphatic heterocycles. The van der Waals surface area contributed by atoms with Crippen LogP contribution >= 0.6 is 0 Å². The second kappa shape index (κ2) is 6.81. The molecule has 4 heteroatoms. The van der Waals surface area contributed by atoms with E-state index in [-0.39, 0.29) is 12.2 Å². The average molecular weight is 255 g/mol. The van der Waals surface area contributed by atoms with Gasteiger partial charge < -0.3 is 10.1 Å². The van der Waals surface area contributed by atoms with Crippen LogP contribution in [0.2, 0.25) is 0 Å². The van der Waals surface area contributed by atoms with E-state index in [9.17, 15) is 8.78 Å². The van der Waals surface area contributed by atoms with E-state index in [2.05, 4.69) is 5.32 Å². The monoisotopic (exact) mass is 255 g/mol. The zero-order chi connectivity index (χ0) is 12.8. The Balaban J connectivity index is 1.71. The molecule has 2 nitrogen and oxygen atoms in total. The minimum Gasteiger partial charge on any atom is -0.376 e. The van der Waals surface area contributed by atoms with Gasteiger partial charge in [0.1, 0.15) is 11.6 Å². The molecule has 1 atom stereocenters. The molecule has 0 aliphatic carbocycles. The number of nitrogens with one attached hydrogen (secondary N) is 1. The van der Waals surface area contributed by atoms with Crippen LogP contribution in [0.15, 0.2) is 18.2 Å². The van der Waals surface area contributed by atoms with E-state index in [0.29, 0.717) is 12.6 Å². The Morgan fingerprint density at radius 2 is 2.00 bits per heavy atom. The quantitative estimate of drug-likeness (QED) is 0.817. The van der Waals surface area contributed by atoms with Gasteiger partial charge >= 0.3 is 0 Å². The van der Waals surface area contributed by atoms with Crippen LogP contribution in [0.1, 0.15) is 31.2 Å². The van der Waals surface area contributed by atoms with Gasteiger partial charge in [-0.3, -0.25) is 0 Å². The molecule has 100 valence electrons. The van der Waals surface area contributed by atoms with Crippen LogP contribution < -0.4 is 5.32 Å². The predicted octanol–water partition coefficient (Wildman–Crippen LogP) is 3.01. The van der Waals surface area contributed by atoms with E-state index >= 15 is 0 Å². The summed E-state index contributed by atoms with van der Waals surface area (Å²) >= 11 is 0. The van der Waals surface area contributed by atoms with Crippen LogP contribution in [0, 0.1) is 11.6 Å². The van der Waals surface area contributed by atoms with E-state index in [4.69, 9.17) is 4.74 Å². The zero-order valence-corrected chi connectivity index (χ0v) is 10.4. The maximum absolute atomic E-state index is 13.3. The summed E-state index contributed by atoms with van der Waals surface area (Å²) in [4.78, 5) is 0. The van der Waals surface area contributed by atoms with Crippen molar-refractivity contribution in [3.05, 3.63) is 35.4 Å². The number of halogens is 2. The van der Waals surface area contributed by atoms with Crippen LogP contribution in [-0.4, -0.2) is 19.2 Å². The fourth-order valence-corrected chi connectivity index (χ4v) is 2.24. The molecule has 1 heterocycles. The molecule has 1 fully saturated rings. The van der Waals surface area contributed by atoms with Crippen molar-refractivity contribution >= 4 is 0 Å².